The molecule has 0 aliphatic carbocycles. The first-order valence-corrected chi connectivity index (χ1v) is 7.44. The van der Waals surface area contributed by atoms with Crippen LogP contribution in [-0.4, -0.2) is 29.4 Å². The normalized spacial score (nSPS) is 20.9. The first-order chi connectivity index (χ1) is 10.0. The summed E-state index contributed by atoms with van der Waals surface area (Å²) >= 11 is 5.92. The summed E-state index contributed by atoms with van der Waals surface area (Å²) in [6.45, 7) is 7.44. The van der Waals surface area contributed by atoms with Crippen molar-refractivity contribution in [1.82, 2.24) is 0 Å². The second-order valence-electron chi connectivity index (χ2n) is 6.49. The fourth-order valence-electron chi connectivity index (χ4n) is 2.39. The van der Waals surface area contributed by atoms with Gasteiger partial charge in [0.25, 0.3) is 0 Å². The van der Waals surface area contributed by atoms with Gasteiger partial charge in [0.2, 0.25) is 0 Å². The van der Waals surface area contributed by atoms with Crippen LogP contribution >= 0.6 is 11.6 Å². The van der Waals surface area contributed by atoms with Crippen LogP contribution in [0.4, 0.5) is 4.39 Å². The van der Waals surface area contributed by atoms with E-state index >= 15 is 0 Å². The van der Waals surface area contributed by atoms with E-state index in [4.69, 9.17) is 26.0 Å². The average Bonchev–Trinajstić information content (AvgIpc) is 2.58. The van der Waals surface area contributed by atoms with Crippen LogP contribution in [0.5, 0.6) is 0 Å². The lowest BCUT2D eigenvalue weighted by Gasteiger charge is -2.32. The monoisotopic (exact) mass is 328 g/mol. The molecule has 1 heterocycles. The highest BCUT2D eigenvalue weighted by Crippen LogP contribution is 2.42. The van der Waals surface area contributed by atoms with E-state index in [1.54, 1.807) is 0 Å². The molecule has 22 heavy (non-hydrogen) atoms. The van der Waals surface area contributed by atoms with Gasteiger partial charge in [-0.25, -0.2) is 4.39 Å². The van der Waals surface area contributed by atoms with E-state index in [0.29, 0.717) is 5.02 Å². The summed E-state index contributed by atoms with van der Waals surface area (Å²) in [5.74, 6) is -2.36. The minimum absolute atomic E-state index is 0.188. The zero-order valence-electron chi connectivity index (χ0n) is 13.0. The molecule has 1 aliphatic heterocycles. The maximum Gasteiger partial charge on any atom is 0.466 e. The van der Waals surface area contributed by atoms with Gasteiger partial charge in [0.15, 0.2) is 0 Å². The molecule has 2 rings (SSSR count). The predicted octanol–water partition coefficient (Wildman–Crippen LogP) is 3.67. The summed E-state index contributed by atoms with van der Waals surface area (Å²) in [5.41, 5.74) is -1.05. The van der Waals surface area contributed by atoms with E-state index in [2.05, 4.69) is 0 Å². The Bertz CT molecular complexity index is 575. The third-order valence-electron chi connectivity index (χ3n) is 4.35. The maximum absolute atomic E-state index is 14.1. The van der Waals surface area contributed by atoms with E-state index < -0.39 is 35.9 Å². The highest BCUT2D eigenvalue weighted by Gasteiger charge is 2.54. The summed E-state index contributed by atoms with van der Waals surface area (Å²) in [7, 11) is -0.853. The van der Waals surface area contributed by atoms with Gasteiger partial charge in [-0.2, -0.15) is 0 Å². The lowest BCUT2D eigenvalue weighted by Crippen LogP contribution is -2.41. The predicted molar refractivity (Wildman–Crippen MR) is 82.5 cm³/mol. The average molecular weight is 329 g/mol. The van der Waals surface area contributed by atoms with Gasteiger partial charge in [0, 0.05) is 10.8 Å². The number of carboxylic acids is 1. The van der Waals surface area contributed by atoms with Gasteiger partial charge >= 0.3 is 13.1 Å². The SMILES string of the molecule is CC1(C)OB(C(CC(=O)O)c2cc(Cl)ccc2F)OC1(C)C. The quantitative estimate of drug-likeness (QED) is 0.857. The van der Waals surface area contributed by atoms with Crippen molar-refractivity contribution in [2.75, 3.05) is 0 Å². The topological polar surface area (TPSA) is 55.8 Å². The molecule has 1 fully saturated rings. The number of hydrogen-bond acceptors (Lipinski definition) is 3. The summed E-state index contributed by atoms with van der Waals surface area (Å²) in [6, 6.07) is 4.07. The zero-order valence-corrected chi connectivity index (χ0v) is 13.8. The van der Waals surface area contributed by atoms with Crippen molar-refractivity contribution in [2.45, 2.75) is 51.1 Å². The Labute approximate surface area is 134 Å². The standard InChI is InChI=1S/C15H19BClFO4/c1-14(2)15(3,4)22-16(21-14)11(8-13(19)20)10-7-9(17)5-6-12(10)18/h5-7,11H,8H2,1-4H3,(H,19,20). The number of carbonyl (C=O) groups is 1. The van der Waals surface area contributed by atoms with Crippen molar-refractivity contribution in [3.05, 3.63) is 34.6 Å². The third kappa shape index (κ3) is 3.29. The lowest BCUT2D eigenvalue weighted by atomic mass is 9.66. The molecular weight excluding hydrogens is 309 g/mol. The van der Waals surface area contributed by atoms with Crippen LogP contribution in [0.15, 0.2) is 18.2 Å². The fourth-order valence-corrected chi connectivity index (χ4v) is 2.57. The van der Waals surface area contributed by atoms with Crippen LogP contribution in [0.25, 0.3) is 0 Å². The number of aliphatic carboxylic acids is 1. The van der Waals surface area contributed by atoms with Crippen LogP contribution in [0, 0.1) is 5.82 Å². The summed E-state index contributed by atoms with van der Waals surface area (Å²) in [6.07, 6.45) is -0.311. The Morgan fingerprint density at radius 1 is 1.32 bits per heavy atom. The van der Waals surface area contributed by atoms with E-state index in [1.807, 2.05) is 27.7 Å². The summed E-state index contributed by atoms with van der Waals surface area (Å²) < 4.78 is 25.9. The molecule has 120 valence electrons. The van der Waals surface area contributed by atoms with Crippen LogP contribution in [0.1, 0.15) is 45.5 Å². The number of benzene rings is 1. The van der Waals surface area contributed by atoms with Gasteiger partial charge in [-0.15, -0.1) is 0 Å². The Morgan fingerprint density at radius 3 is 2.36 bits per heavy atom. The molecular formula is C15H19BClFO4. The van der Waals surface area contributed by atoms with Crippen LogP contribution in [0.3, 0.4) is 0 Å². The van der Waals surface area contributed by atoms with E-state index in [0.717, 1.165) is 0 Å². The molecule has 1 unspecified atom stereocenters. The van der Waals surface area contributed by atoms with Gasteiger partial charge in [0.05, 0.1) is 17.6 Å². The number of rotatable bonds is 4. The molecule has 0 aromatic heterocycles. The van der Waals surface area contributed by atoms with Gasteiger partial charge in [0.1, 0.15) is 5.82 Å². The Morgan fingerprint density at radius 2 is 1.86 bits per heavy atom. The largest absolute Gasteiger partial charge is 0.481 e. The molecule has 0 bridgehead atoms. The Kier molecular flexibility index (Phi) is 4.57. The smallest absolute Gasteiger partial charge is 0.466 e. The molecule has 1 saturated heterocycles. The molecule has 1 N–H and O–H groups in total. The van der Waals surface area contributed by atoms with E-state index in [9.17, 15) is 9.18 Å². The molecule has 7 heteroatoms. The number of halogens is 2. The molecule has 0 radical (unpaired) electrons. The zero-order chi connectivity index (χ0) is 16.7. The van der Waals surface area contributed by atoms with Crippen LogP contribution in [0.2, 0.25) is 5.02 Å². The third-order valence-corrected chi connectivity index (χ3v) is 4.59. The van der Waals surface area contributed by atoms with Gasteiger partial charge in [-0.05, 0) is 51.5 Å². The molecule has 0 amide bonds. The lowest BCUT2D eigenvalue weighted by molar-refractivity contribution is -0.137. The Hall–Kier alpha value is -1.11. The highest BCUT2D eigenvalue weighted by molar-refractivity contribution is 6.48. The van der Waals surface area contributed by atoms with E-state index in [1.165, 1.54) is 18.2 Å². The minimum atomic E-state index is -1.06. The molecule has 0 saturated carbocycles. The Balaban J connectivity index is 2.40. The van der Waals surface area contributed by atoms with Crippen molar-refractivity contribution in [3.63, 3.8) is 0 Å². The van der Waals surface area contributed by atoms with Crippen molar-refractivity contribution in [2.24, 2.45) is 0 Å². The van der Waals surface area contributed by atoms with E-state index in [-0.39, 0.29) is 12.0 Å². The maximum atomic E-state index is 14.1. The van der Waals surface area contributed by atoms with Crippen LogP contribution in [-0.2, 0) is 14.1 Å². The highest BCUT2D eigenvalue weighted by atomic mass is 35.5. The van der Waals surface area contributed by atoms with Gasteiger partial charge < -0.3 is 14.4 Å². The minimum Gasteiger partial charge on any atom is -0.481 e. The van der Waals surface area contributed by atoms with Crippen molar-refractivity contribution in [3.8, 4) is 0 Å². The molecule has 4 nitrogen and oxygen atoms in total. The number of carboxylic acid groups (broad SMARTS) is 1. The summed E-state index contributed by atoms with van der Waals surface area (Å²) in [5, 5.41) is 9.50. The van der Waals surface area contributed by atoms with Gasteiger partial charge in [-0.1, -0.05) is 11.6 Å². The van der Waals surface area contributed by atoms with Crippen molar-refractivity contribution >= 4 is 24.7 Å². The molecule has 1 atom stereocenters. The second kappa shape index (κ2) is 5.83. The molecule has 1 aromatic carbocycles. The first kappa shape index (κ1) is 17.3. The first-order valence-electron chi connectivity index (χ1n) is 7.06. The molecule has 0 spiro atoms. The van der Waals surface area contributed by atoms with Crippen molar-refractivity contribution < 1.29 is 23.6 Å². The molecule has 1 aromatic rings. The van der Waals surface area contributed by atoms with Crippen molar-refractivity contribution in [1.29, 1.82) is 0 Å². The second-order valence-corrected chi connectivity index (χ2v) is 6.93. The molecule has 1 aliphatic rings. The summed E-state index contributed by atoms with van der Waals surface area (Å²) in [4.78, 5) is 11.2. The van der Waals surface area contributed by atoms with Gasteiger partial charge in [-0.3, -0.25) is 4.79 Å². The fraction of sp³-hybridized carbons (Fsp3) is 0.533. The van der Waals surface area contributed by atoms with Crippen LogP contribution < -0.4 is 0 Å². The number of hydrogen-bond donors (Lipinski definition) is 1.